The van der Waals surface area contributed by atoms with Crippen LogP contribution >= 0.6 is 0 Å². The number of benzene rings is 4. The lowest BCUT2D eigenvalue weighted by Crippen LogP contribution is -2.32. The number of nitrogens with zero attached hydrogens (tertiary/aromatic N) is 3. The molecule has 5 aromatic rings. The van der Waals surface area contributed by atoms with E-state index in [1.54, 1.807) is 50.6 Å². The van der Waals surface area contributed by atoms with E-state index in [-0.39, 0.29) is 16.9 Å². The maximum atomic E-state index is 13.6. The topological polar surface area (TPSA) is 106 Å². The molecule has 1 aliphatic rings. The highest BCUT2D eigenvalue weighted by molar-refractivity contribution is 6.12. The zero-order valence-corrected chi connectivity index (χ0v) is 26.2. The second-order valence-electron chi connectivity index (χ2n) is 11.4. The summed E-state index contributed by atoms with van der Waals surface area (Å²) in [4.78, 5) is 37.1. The third kappa shape index (κ3) is 7.23. The number of hydrogen-bond acceptors (Lipinski definition) is 7. The minimum Gasteiger partial charge on any atom is -0.493 e. The van der Waals surface area contributed by atoms with Crippen LogP contribution in [0.4, 0.5) is 24.5 Å². The SMILES string of the molecule is COc1cc2c(cc1OC)CN(CCc1ccc(NC(=O)c3ccc(C(F)(F)F)cc3NC(=O)c3cnc4ccccc4n3)cc1)CC2. The normalized spacial score (nSPS) is 13.1. The van der Waals surface area contributed by atoms with E-state index in [4.69, 9.17) is 9.47 Å². The van der Waals surface area contributed by atoms with Gasteiger partial charge in [-0.2, -0.15) is 13.2 Å². The van der Waals surface area contributed by atoms with E-state index in [1.165, 1.54) is 17.3 Å². The first kappa shape index (κ1) is 32.5. The molecule has 0 atom stereocenters. The third-order valence-electron chi connectivity index (χ3n) is 8.25. The van der Waals surface area contributed by atoms with Crippen molar-refractivity contribution in [3.8, 4) is 11.5 Å². The maximum Gasteiger partial charge on any atom is 0.416 e. The zero-order chi connectivity index (χ0) is 33.8. The van der Waals surface area contributed by atoms with Gasteiger partial charge < -0.3 is 20.1 Å². The fraction of sp³-hybridized carbons (Fsp3) is 0.222. The van der Waals surface area contributed by atoms with E-state index in [0.717, 1.165) is 62.0 Å². The van der Waals surface area contributed by atoms with E-state index in [2.05, 4.69) is 25.5 Å². The highest BCUT2D eigenvalue weighted by Crippen LogP contribution is 2.34. The molecular formula is C36H32F3N5O4. The van der Waals surface area contributed by atoms with Crippen LogP contribution in [0.2, 0.25) is 0 Å². The minimum atomic E-state index is -4.69. The van der Waals surface area contributed by atoms with E-state index in [0.29, 0.717) is 22.5 Å². The Balaban J connectivity index is 1.12. The number of anilines is 2. The number of methoxy groups -OCH3 is 2. The summed E-state index contributed by atoms with van der Waals surface area (Å²) >= 11 is 0. The lowest BCUT2D eigenvalue weighted by Gasteiger charge is -2.29. The number of nitrogens with one attached hydrogen (secondary N) is 2. The molecule has 0 saturated carbocycles. The predicted octanol–water partition coefficient (Wildman–Crippen LogP) is 6.77. The highest BCUT2D eigenvalue weighted by atomic mass is 19.4. The van der Waals surface area contributed by atoms with Gasteiger partial charge in [0.15, 0.2) is 11.5 Å². The molecule has 1 aromatic heterocycles. The third-order valence-corrected chi connectivity index (χ3v) is 8.25. The minimum absolute atomic E-state index is 0.109. The molecule has 48 heavy (non-hydrogen) atoms. The molecule has 0 bridgehead atoms. The molecule has 9 nitrogen and oxygen atoms in total. The summed E-state index contributed by atoms with van der Waals surface area (Å²) in [7, 11) is 3.26. The number of halogens is 3. The average molecular weight is 656 g/mol. The number of alkyl halides is 3. The van der Waals surface area contributed by atoms with Crippen molar-refractivity contribution in [2.24, 2.45) is 0 Å². The Morgan fingerprint density at radius 1 is 0.854 bits per heavy atom. The molecule has 0 spiro atoms. The highest BCUT2D eigenvalue weighted by Gasteiger charge is 2.32. The molecule has 2 heterocycles. The van der Waals surface area contributed by atoms with Crippen molar-refractivity contribution < 1.29 is 32.2 Å². The Morgan fingerprint density at radius 2 is 1.56 bits per heavy atom. The van der Waals surface area contributed by atoms with Gasteiger partial charge in [0.1, 0.15) is 5.69 Å². The number of ether oxygens (including phenoxy) is 2. The van der Waals surface area contributed by atoms with Crippen LogP contribution in [0.3, 0.4) is 0 Å². The van der Waals surface area contributed by atoms with Crippen LogP contribution in [-0.2, 0) is 25.6 Å². The molecule has 4 aromatic carbocycles. The smallest absolute Gasteiger partial charge is 0.416 e. The van der Waals surface area contributed by atoms with Crippen LogP contribution < -0.4 is 20.1 Å². The van der Waals surface area contributed by atoms with Gasteiger partial charge >= 0.3 is 6.18 Å². The summed E-state index contributed by atoms with van der Waals surface area (Å²) in [6.45, 7) is 2.54. The summed E-state index contributed by atoms with van der Waals surface area (Å²) in [5, 5.41) is 5.15. The maximum absolute atomic E-state index is 13.6. The summed E-state index contributed by atoms with van der Waals surface area (Å²) in [5.74, 6) is -0.0507. The molecule has 0 saturated heterocycles. The van der Waals surface area contributed by atoms with Crippen molar-refractivity contribution >= 4 is 34.2 Å². The second kappa shape index (κ2) is 13.7. The number of amides is 2. The van der Waals surface area contributed by atoms with Crippen molar-refractivity contribution in [3.05, 3.63) is 119 Å². The largest absolute Gasteiger partial charge is 0.493 e. The van der Waals surface area contributed by atoms with Crippen molar-refractivity contribution in [3.63, 3.8) is 0 Å². The van der Waals surface area contributed by atoms with Crippen LogP contribution in [-0.4, -0.2) is 54.0 Å². The molecule has 0 unspecified atom stereocenters. The molecule has 0 radical (unpaired) electrons. The standard InChI is InChI=1S/C36H32F3N5O4/c1-47-32-17-23-14-16-44(21-24(23)18-33(32)48-2)15-13-22-7-10-26(11-8-22)41-34(45)27-12-9-25(36(37,38)39)19-30(27)43-35(46)31-20-40-28-5-3-4-6-29(28)42-31/h3-12,17-20H,13-16,21H2,1-2H3,(H,41,45)(H,43,46). The summed E-state index contributed by atoms with van der Waals surface area (Å²) in [5.41, 5.74) is 3.40. The van der Waals surface area contributed by atoms with Crippen LogP contribution in [0.1, 0.15) is 43.1 Å². The quantitative estimate of drug-likeness (QED) is 0.181. The van der Waals surface area contributed by atoms with Gasteiger partial charge in [0.2, 0.25) is 0 Å². The summed E-state index contributed by atoms with van der Waals surface area (Å²) in [6, 6.07) is 20.8. The molecule has 1 aliphatic heterocycles. The number of carbonyl (C=O) groups is 2. The number of rotatable bonds is 9. The van der Waals surface area contributed by atoms with Crippen LogP contribution in [0.25, 0.3) is 11.0 Å². The summed E-state index contributed by atoms with van der Waals surface area (Å²) in [6.07, 6.45) is -1.78. The lowest BCUT2D eigenvalue weighted by atomic mass is 9.98. The lowest BCUT2D eigenvalue weighted by molar-refractivity contribution is -0.137. The molecule has 0 aliphatic carbocycles. The number of aromatic nitrogens is 2. The first-order valence-corrected chi connectivity index (χ1v) is 15.2. The van der Waals surface area contributed by atoms with Crippen molar-refractivity contribution in [1.29, 1.82) is 0 Å². The van der Waals surface area contributed by atoms with Gasteiger partial charge in [0.05, 0.1) is 48.3 Å². The van der Waals surface area contributed by atoms with Gasteiger partial charge in [-0.25, -0.2) is 4.98 Å². The fourth-order valence-electron chi connectivity index (χ4n) is 5.65. The molecular weight excluding hydrogens is 623 g/mol. The van der Waals surface area contributed by atoms with Gasteiger partial charge in [-0.15, -0.1) is 0 Å². The van der Waals surface area contributed by atoms with Gasteiger partial charge in [0, 0.05) is 25.3 Å². The van der Waals surface area contributed by atoms with Crippen molar-refractivity contribution in [2.75, 3.05) is 37.9 Å². The monoisotopic (exact) mass is 655 g/mol. The van der Waals surface area contributed by atoms with Crippen LogP contribution in [0, 0.1) is 0 Å². The molecule has 6 rings (SSSR count). The molecule has 12 heteroatoms. The van der Waals surface area contributed by atoms with Crippen LogP contribution in [0.5, 0.6) is 11.5 Å². The molecule has 0 fully saturated rings. The molecule has 2 amide bonds. The Labute approximate surface area is 274 Å². The van der Waals surface area contributed by atoms with E-state index in [9.17, 15) is 22.8 Å². The fourth-order valence-corrected chi connectivity index (χ4v) is 5.65. The van der Waals surface area contributed by atoms with Crippen LogP contribution in [0.15, 0.2) is 85.1 Å². The first-order chi connectivity index (χ1) is 23.1. The Morgan fingerprint density at radius 3 is 2.27 bits per heavy atom. The number of hydrogen-bond donors (Lipinski definition) is 2. The zero-order valence-electron chi connectivity index (χ0n) is 26.2. The van der Waals surface area contributed by atoms with Gasteiger partial charge in [-0.05, 0) is 84.1 Å². The average Bonchev–Trinajstić information content (AvgIpc) is 3.09. The van der Waals surface area contributed by atoms with E-state index in [1.807, 2.05) is 24.3 Å². The van der Waals surface area contributed by atoms with Crippen molar-refractivity contribution in [1.82, 2.24) is 14.9 Å². The predicted molar refractivity (Wildman–Crippen MR) is 176 cm³/mol. The van der Waals surface area contributed by atoms with Gasteiger partial charge in [-0.3, -0.25) is 19.5 Å². The van der Waals surface area contributed by atoms with E-state index >= 15 is 0 Å². The number of para-hydroxylation sites is 2. The van der Waals surface area contributed by atoms with Gasteiger partial charge in [0.25, 0.3) is 11.8 Å². The number of carbonyl (C=O) groups excluding carboxylic acids is 2. The molecule has 2 N–H and O–H groups in total. The number of fused-ring (bicyclic) bond motifs is 2. The van der Waals surface area contributed by atoms with Gasteiger partial charge in [-0.1, -0.05) is 24.3 Å². The van der Waals surface area contributed by atoms with Crippen molar-refractivity contribution in [2.45, 2.75) is 25.6 Å². The van der Waals surface area contributed by atoms with E-state index < -0.39 is 23.6 Å². The first-order valence-electron chi connectivity index (χ1n) is 15.2. The Bertz CT molecular complexity index is 1980. The second-order valence-corrected chi connectivity index (χ2v) is 11.4. The Hall–Kier alpha value is -5.49. The molecule has 246 valence electrons. The Kier molecular flexibility index (Phi) is 9.26. The summed E-state index contributed by atoms with van der Waals surface area (Å²) < 4.78 is 51.6.